The summed E-state index contributed by atoms with van der Waals surface area (Å²) in [6.45, 7) is 0. The van der Waals surface area contributed by atoms with Gasteiger partial charge in [0.2, 0.25) is 5.13 Å². The van der Waals surface area contributed by atoms with E-state index in [0.717, 1.165) is 11.3 Å². The molecule has 4 nitrogen and oxygen atoms in total. The highest BCUT2D eigenvalue weighted by Crippen LogP contribution is 2.38. The van der Waals surface area contributed by atoms with Crippen LogP contribution in [0.3, 0.4) is 0 Å². The quantitative estimate of drug-likeness (QED) is 0.478. The van der Waals surface area contributed by atoms with Gasteiger partial charge in [0.15, 0.2) is 0 Å². The summed E-state index contributed by atoms with van der Waals surface area (Å²) in [6, 6.07) is -0.205. The zero-order valence-corrected chi connectivity index (χ0v) is 12.2. The second-order valence-corrected chi connectivity index (χ2v) is 5.22. The lowest BCUT2D eigenvalue weighted by molar-refractivity contribution is -0.143. The molecule has 0 atom stereocenters. The maximum atomic E-state index is 13.7. The number of rotatable bonds is 3. The van der Waals surface area contributed by atoms with E-state index in [2.05, 4.69) is 15.5 Å². The summed E-state index contributed by atoms with van der Waals surface area (Å²) in [6.07, 6.45) is -9.89. The van der Waals surface area contributed by atoms with Gasteiger partial charge in [-0.3, -0.25) is 5.43 Å². The third-order valence-electron chi connectivity index (χ3n) is 2.64. The van der Waals surface area contributed by atoms with Gasteiger partial charge in [-0.25, -0.2) is 9.37 Å². The zero-order valence-electron chi connectivity index (χ0n) is 11.3. The molecule has 0 aliphatic carbocycles. The van der Waals surface area contributed by atoms with Crippen LogP contribution in [0.5, 0.6) is 0 Å². The number of nitrogens with two attached hydrogens (primary N) is 1. The minimum absolute atomic E-state index is 0.0298. The van der Waals surface area contributed by atoms with Crippen molar-refractivity contribution in [3.8, 4) is 0 Å². The number of nitrogen functional groups attached to an aromatic ring is 1. The molecule has 0 amide bonds. The maximum absolute atomic E-state index is 13.7. The second-order valence-electron chi connectivity index (χ2n) is 4.36. The normalized spacial score (nSPS) is 12.8. The molecule has 0 radical (unpaired) electrons. The fraction of sp³-hybridized carbons (Fsp3) is 0.167. The molecule has 3 N–H and O–H groups in total. The van der Waals surface area contributed by atoms with Crippen LogP contribution in [-0.2, 0) is 12.4 Å². The Morgan fingerprint density at radius 2 is 1.79 bits per heavy atom. The first-order valence-corrected chi connectivity index (χ1v) is 6.84. The van der Waals surface area contributed by atoms with Crippen LogP contribution in [0.1, 0.15) is 16.7 Å². The van der Waals surface area contributed by atoms with Crippen LogP contribution in [0.4, 0.5) is 41.7 Å². The predicted molar refractivity (Wildman–Crippen MR) is 74.1 cm³/mol. The van der Waals surface area contributed by atoms with E-state index in [-0.39, 0.29) is 23.1 Å². The highest BCUT2D eigenvalue weighted by atomic mass is 32.1. The van der Waals surface area contributed by atoms with E-state index in [0.29, 0.717) is 6.21 Å². The van der Waals surface area contributed by atoms with Gasteiger partial charge in [0.1, 0.15) is 11.6 Å². The first-order chi connectivity index (χ1) is 11.0. The van der Waals surface area contributed by atoms with Crippen LogP contribution in [0.15, 0.2) is 22.6 Å². The monoisotopic (exact) mass is 372 g/mol. The molecule has 2 aromatic rings. The largest absolute Gasteiger partial charge is 0.417 e. The van der Waals surface area contributed by atoms with Crippen LogP contribution < -0.4 is 11.2 Å². The Bertz CT molecular complexity index is 764. The average Bonchev–Trinajstić information content (AvgIpc) is 2.83. The number of alkyl halides is 6. The summed E-state index contributed by atoms with van der Waals surface area (Å²) in [4.78, 5) is 3.69. The van der Waals surface area contributed by atoms with Gasteiger partial charge in [0, 0.05) is 10.9 Å². The van der Waals surface area contributed by atoms with Gasteiger partial charge in [0.05, 0.1) is 17.3 Å². The molecule has 0 aliphatic rings. The summed E-state index contributed by atoms with van der Waals surface area (Å²) in [5, 5.41) is 4.88. The molecule has 0 unspecified atom stereocenters. The number of hydrogen-bond donors (Lipinski definition) is 2. The van der Waals surface area contributed by atoms with Crippen LogP contribution in [0.25, 0.3) is 0 Å². The van der Waals surface area contributed by atoms with Gasteiger partial charge < -0.3 is 5.73 Å². The Kier molecular flexibility index (Phi) is 4.69. The smallest absolute Gasteiger partial charge is 0.383 e. The SMILES string of the molecule is Nc1csc(NN=Cc2c(F)cc(C(F)(F)F)cc2C(F)(F)F)n1. The van der Waals surface area contributed by atoms with E-state index in [1.54, 1.807) is 0 Å². The number of halogens is 7. The Morgan fingerprint density at radius 1 is 1.12 bits per heavy atom. The van der Waals surface area contributed by atoms with E-state index >= 15 is 0 Å². The molecular weight excluding hydrogens is 365 g/mol. The van der Waals surface area contributed by atoms with Gasteiger partial charge in [-0.1, -0.05) is 0 Å². The number of nitrogens with one attached hydrogen (secondary N) is 1. The van der Waals surface area contributed by atoms with Crippen molar-refractivity contribution in [1.82, 2.24) is 4.98 Å². The highest BCUT2D eigenvalue weighted by molar-refractivity contribution is 7.14. The number of aromatic nitrogens is 1. The summed E-state index contributed by atoms with van der Waals surface area (Å²) in [5.74, 6) is -1.57. The van der Waals surface area contributed by atoms with Crippen molar-refractivity contribution in [3.63, 3.8) is 0 Å². The third kappa shape index (κ3) is 4.13. The number of anilines is 2. The number of nitrogens with zero attached hydrogens (tertiary/aromatic N) is 2. The topological polar surface area (TPSA) is 63.3 Å². The fourth-order valence-corrected chi connectivity index (χ4v) is 2.19. The molecule has 0 saturated carbocycles. The van der Waals surface area contributed by atoms with Crippen molar-refractivity contribution >= 4 is 28.5 Å². The van der Waals surface area contributed by atoms with Crippen molar-refractivity contribution < 1.29 is 30.7 Å². The van der Waals surface area contributed by atoms with Crippen LogP contribution in [0.2, 0.25) is 0 Å². The van der Waals surface area contributed by atoms with Gasteiger partial charge in [-0.15, -0.1) is 11.3 Å². The Hall–Kier alpha value is -2.37. The van der Waals surface area contributed by atoms with Crippen molar-refractivity contribution in [2.24, 2.45) is 5.10 Å². The minimum atomic E-state index is -5.20. The summed E-state index contributed by atoms with van der Waals surface area (Å²) in [5.41, 5.74) is 2.85. The standard InChI is InChI=1S/C12H7F7N4S/c13-8-2-5(11(14,15)16)1-7(12(17,18)19)6(8)3-21-23-10-22-9(20)4-24-10/h1-4H,20H2,(H,22,23). The molecule has 0 spiro atoms. The summed E-state index contributed by atoms with van der Waals surface area (Å²) < 4.78 is 90.1. The molecule has 0 aliphatic heterocycles. The molecule has 24 heavy (non-hydrogen) atoms. The van der Waals surface area contributed by atoms with Crippen LogP contribution in [0, 0.1) is 5.82 Å². The average molecular weight is 372 g/mol. The minimum Gasteiger partial charge on any atom is -0.383 e. The lowest BCUT2D eigenvalue weighted by Gasteiger charge is -2.14. The third-order valence-corrected chi connectivity index (χ3v) is 3.40. The number of benzene rings is 1. The number of thiazole rings is 1. The van der Waals surface area contributed by atoms with Gasteiger partial charge in [-0.2, -0.15) is 31.4 Å². The van der Waals surface area contributed by atoms with E-state index in [1.165, 1.54) is 5.38 Å². The molecule has 1 aromatic carbocycles. The van der Waals surface area contributed by atoms with Crippen molar-refractivity contribution in [3.05, 3.63) is 40.0 Å². The van der Waals surface area contributed by atoms with E-state index in [1.807, 2.05) is 0 Å². The number of hydrazone groups is 1. The Labute approximate surface area is 133 Å². The summed E-state index contributed by atoms with van der Waals surface area (Å²) in [7, 11) is 0. The first kappa shape index (κ1) is 18.0. The maximum Gasteiger partial charge on any atom is 0.417 e. The predicted octanol–water partition coefficient (Wildman–Crippen LogP) is 4.35. The first-order valence-electron chi connectivity index (χ1n) is 5.96. The van der Waals surface area contributed by atoms with E-state index in [9.17, 15) is 30.7 Å². The van der Waals surface area contributed by atoms with Crippen LogP contribution in [-0.4, -0.2) is 11.2 Å². The second kappa shape index (κ2) is 6.26. The van der Waals surface area contributed by atoms with Gasteiger partial charge in [0.25, 0.3) is 0 Å². The molecule has 1 heterocycles. The fourth-order valence-electron chi connectivity index (χ4n) is 1.64. The van der Waals surface area contributed by atoms with Crippen LogP contribution >= 0.6 is 11.3 Å². The molecule has 2 rings (SSSR count). The van der Waals surface area contributed by atoms with Gasteiger partial charge >= 0.3 is 12.4 Å². The Balaban J connectivity index is 2.41. The molecule has 0 fully saturated rings. The molecular formula is C12H7F7N4S. The van der Waals surface area contributed by atoms with E-state index in [4.69, 9.17) is 5.73 Å². The molecule has 1 aromatic heterocycles. The van der Waals surface area contributed by atoms with E-state index < -0.39 is 34.9 Å². The van der Waals surface area contributed by atoms with Crippen molar-refractivity contribution in [2.75, 3.05) is 11.2 Å². The van der Waals surface area contributed by atoms with Crippen molar-refractivity contribution in [2.45, 2.75) is 12.4 Å². The lowest BCUT2D eigenvalue weighted by atomic mass is 10.0. The Morgan fingerprint density at radius 3 is 2.29 bits per heavy atom. The molecule has 0 saturated heterocycles. The highest BCUT2D eigenvalue weighted by Gasteiger charge is 2.39. The molecule has 0 bridgehead atoms. The lowest BCUT2D eigenvalue weighted by Crippen LogP contribution is -2.15. The number of hydrogen-bond acceptors (Lipinski definition) is 5. The van der Waals surface area contributed by atoms with Gasteiger partial charge in [-0.05, 0) is 12.1 Å². The van der Waals surface area contributed by atoms with Crippen molar-refractivity contribution in [1.29, 1.82) is 0 Å². The zero-order chi connectivity index (χ0) is 18.1. The summed E-state index contributed by atoms with van der Waals surface area (Å²) >= 11 is 0.979. The molecule has 130 valence electrons. The molecule has 12 heteroatoms.